The van der Waals surface area contributed by atoms with Gasteiger partial charge in [0.1, 0.15) is 11.4 Å². The van der Waals surface area contributed by atoms with Crippen molar-refractivity contribution in [1.29, 1.82) is 0 Å². The van der Waals surface area contributed by atoms with Gasteiger partial charge in [-0.15, -0.1) is 0 Å². The maximum absolute atomic E-state index is 13.3. The van der Waals surface area contributed by atoms with Gasteiger partial charge in [0.05, 0.1) is 23.9 Å². The van der Waals surface area contributed by atoms with Crippen molar-refractivity contribution in [3.05, 3.63) is 71.4 Å². The summed E-state index contributed by atoms with van der Waals surface area (Å²) in [7, 11) is 0. The highest BCUT2D eigenvalue weighted by atomic mass is 16.5. The van der Waals surface area contributed by atoms with Crippen LogP contribution in [0.5, 0.6) is 0 Å². The molecular formula is C27H30N4O4. The highest BCUT2D eigenvalue weighted by molar-refractivity contribution is 6.24. The Kier molecular flexibility index (Phi) is 7.60. The molecule has 0 radical (unpaired) electrons. The number of amidine groups is 1. The zero-order valence-corrected chi connectivity index (χ0v) is 20.0. The van der Waals surface area contributed by atoms with E-state index >= 15 is 0 Å². The summed E-state index contributed by atoms with van der Waals surface area (Å²) in [5, 5.41) is 6.11. The molecule has 0 saturated carbocycles. The van der Waals surface area contributed by atoms with Crippen LogP contribution in [0.1, 0.15) is 32.3 Å². The van der Waals surface area contributed by atoms with Crippen molar-refractivity contribution in [1.82, 2.24) is 10.2 Å². The van der Waals surface area contributed by atoms with Crippen LogP contribution in [0, 0.1) is 5.92 Å². The summed E-state index contributed by atoms with van der Waals surface area (Å²) in [4.78, 5) is 45.1. The van der Waals surface area contributed by atoms with E-state index in [-0.39, 0.29) is 36.3 Å². The fourth-order valence-electron chi connectivity index (χ4n) is 4.29. The molecule has 2 N–H and O–H groups in total. The van der Waals surface area contributed by atoms with Crippen LogP contribution in [0.25, 0.3) is 0 Å². The second-order valence-corrected chi connectivity index (χ2v) is 8.50. The lowest BCUT2D eigenvalue weighted by atomic mass is 10.1. The first-order chi connectivity index (χ1) is 17.0. The van der Waals surface area contributed by atoms with Crippen molar-refractivity contribution in [2.45, 2.75) is 33.1 Å². The number of carbonyl (C=O) groups excluding carboxylic acids is 3. The molecule has 0 bridgehead atoms. The van der Waals surface area contributed by atoms with E-state index in [0.717, 1.165) is 17.7 Å². The lowest BCUT2D eigenvalue weighted by Gasteiger charge is -2.18. The number of para-hydroxylation sites is 2. The third-order valence-electron chi connectivity index (χ3n) is 6.13. The van der Waals surface area contributed by atoms with E-state index in [1.54, 1.807) is 17.9 Å². The van der Waals surface area contributed by atoms with Crippen LogP contribution in [-0.4, -0.2) is 48.2 Å². The molecular weight excluding hydrogens is 444 g/mol. The number of allylic oxidation sites excluding steroid dienone is 1. The lowest BCUT2D eigenvalue weighted by Crippen LogP contribution is -2.40. The van der Waals surface area contributed by atoms with Crippen LogP contribution >= 0.6 is 0 Å². The maximum atomic E-state index is 13.3. The van der Waals surface area contributed by atoms with E-state index in [1.807, 2.05) is 55.5 Å². The molecule has 0 spiro atoms. The number of carbonyl (C=O) groups is 3. The van der Waals surface area contributed by atoms with Gasteiger partial charge in [0.2, 0.25) is 11.8 Å². The summed E-state index contributed by atoms with van der Waals surface area (Å²) in [6, 6.07) is 17.3. The van der Waals surface area contributed by atoms with E-state index in [4.69, 9.17) is 4.74 Å². The molecule has 8 heteroatoms. The van der Waals surface area contributed by atoms with Gasteiger partial charge in [0.15, 0.2) is 0 Å². The zero-order chi connectivity index (χ0) is 24.8. The van der Waals surface area contributed by atoms with E-state index < -0.39 is 11.9 Å². The quantitative estimate of drug-likeness (QED) is 0.598. The van der Waals surface area contributed by atoms with Gasteiger partial charge in [-0.2, -0.15) is 0 Å². The SMILES string of the molecule is CCOC(=O)C1=C(CC)Nc2ccccc2N=C1NC(=O)[C@H]1CC(=O)N(CCc2ccccc2)C1. The standard InChI is InChI=1S/C27H30N4O4/c1-3-20-24(27(34)35-4-2)25(29-22-13-9-8-12-21(22)28-20)30-26(33)19-16-23(32)31(17-19)15-14-18-10-6-5-7-11-18/h5-13,19,28H,3-4,14-17H2,1-2H3,(H,29,30,33)/t19-/m0/s1. The molecule has 2 aromatic rings. The fourth-order valence-corrected chi connectivity index (χ4v) is 4.29. The Morgan fingerprint density at radius 1 is 1.11 bits per heavy atom. The molecule has 2 aliphatic heterocycles. The average Bonchev–Trinajstić information content (AvgIpc) is 3.16. The molecule has 0 aliphatic carbocycles. The van der Waals surface area contributed by atoms with E-state index in [2.05, 4.69) is 15.6 Å². The molecule has 35 heavy (non-hydrogen) atoms. The second-order valence-electron chi connectivity index (χ2n) is 8.50. The third-order valence-corrected chi connectivity index (χ3v) is 6.13. The lowest BCUT2D eigenvalue weighted by molar-refractivity contribution is -0.138. The number of esters is 1. The predicted molar refractivity (Wildman–Crippen MR) is 134 cm³/mol. The van der Waals surface area contributed by atoms with Gasteiger partial charge in [0, 0.05) is 25.2 Å². The van der Waals surface area contributed by atoms with Crippen molar-refractivity contribution in [3.63, 3.8) is 0 Å². The van der Waals surface area contributed by atoms with E-state index in [9.17, 15) is 14.4 Å². The van der Waals surface area contributed by atoms with Crippen LogP contribution in [-0.2, 0) is 25.5 Å². The highest BCUT2D eigenvalue weighted by Gasteiger charge is 2.36. The molecule has 1 atom stereocenters. The first-order valence-electron chi connectivity index (χ1n) is 12.0. The van der Waals surface area contributed by atoms with Crippen molar-refractivity contribution in [2.24, 2.45) is 10.9 Å². The fraction of sp³-hybridized carbons (Fsp3) is 0.333. The Hall–Kier alpha value is -3.94. The Labute approximate surface area is 205 Å². The topological polar surface area (TPSA) is 100 Å². The monoisotopic (exact) mass is 474 g/mol. The third kappa shape index (κ3) is 5.59. The van der Waals surface area contributed by atoms with E-state index in [0.29, 0.717) is 30.9 Å². The van der Waals surface area contributed by atoms with Crippen molar-refractivity contribution < 1.29 is 19.1 Å². The molecule has 2 aromatic carbocycles. The van der Waals surface area contributed by atoms with E-state index in [1.165, 1.54) is 0 Å². The molecule has 2 amide bonds. The van der Waals surface area contributed by atoms with Gasteiger partial charge in [-0.1, -0.05) is 49.4 Å². The Bertz CT molecular complexity index is 1170. The summed E-state index contributed by atoms with van der Waals surface area (Å²) in [6.45, 7) is 4.72. The summed E-state index contributed by atoms with van der Waals surface area (Å²) in [5.41, 5.74) is 3.28. The van der Waals surface area contributed by atoms with Gasteiger partial charge < -0.3 is 20.3 Å². The number of fused-ring (bicyclic) bond motifs is 1. The molecule has 1 fully saturated rings. The first-order valence-corrected chi connectivity index (χ1v) is 12.0. The second kappa shape index (κ2) is 11.0. The minimum Gasteiger partial charge on any atom is -0.462 e. The minimum atomic E-state index is -0.560. The first kappa shape index (κ1) is 24.2. The number of hydrogen-bond donors (Lipinski definition) is 2. The smallest absolute Gasteiger partial charge is 0.343 e. The highest BCUT2D eigenvalue weighted by Crippen LogP contribution is 2.31. The predicted octanol–water partition coefficient (Wildman–Crippen LogP) is 3.58. The van der Waals surface area contributed by atoms with Crippen LogP contribution in [0.15, 0.2) is 70.9 Å². The van der Waals surface area contributed by atoms with Gasteiger partial charge >= 0.3 is 5.97 Å². The molecule has 0 aromatic heterocycles. The van der Waals surface area contributed by atoms with Gasteiger partial charge in [-0.3, -0.25) is 9.59 Å². The molecule has 182 valence electrons. The molecule has 8 nitrogen and oxygen atoms in total. The number of benzene rings is 2. The summed E-state index contributed by atoms with van der Waals surface area (Å²) in [6.07, 6.45) is 1.36. The number of amides is 2. The van der Waals surface area contributed by atoms with Crippen molar-refractivity contribution >= 4 is 35.0 Å². The molecule has 1 saturated heterocycles. The molecule has 4 rings (SSSR count). The van der Waals surface area contributed by atoms with Gasteiger partial charge in [-0.25, -0.2) is 9.79 Å². The van der Waals surface area contributed by atoms with Crippen LogP contribution < -0.4 is 10.6 Å². The summed E-state index contributed by atoms with van der Waals surface area (Å²) in [5.74, 6) is -1.34. The number of nitrogens with zero attached hydrogens (tertiary/aromatic N) is 2. The van der Waals surface area contributed by atoms with Gasteiger partial charge in [0.25, 0.3) is 0 Å². The Balaban J connectivity index is 1.53. The number of aliphatic imine (C=N–C) groups is 1. The number of rotatable bonds is 7. The number of anilines is 1. The van der Waals surface area contributed by atoms with Crippen molar-refractivity contribution in [2.75, 3.05) is 25.0 Å². The number of hydrogen-bond acceptors (Lipinski definition) is 6. The maximum Gasteiger partial charge on any atom is 0.343 e. The average molecular weight is 475 g/mol. The number of nitrogens with one attached hydrogen (secondary N) is 2. The molecule has 0 unspecified atom stereocenters. The summed E-state index contributed by atoms with van der Waals surface area (Å²) >= 11 is 0. The zero-order valence-electron chi connectivity index (χ0n) is 20.0. The van der Waals surface area contributed by atoms with Crippen molar-refractivity contribution in [3.8, 4) is 0 Å². The number of likely N-dealkylation sites (tertiary alicyclic amines) is 1. The minimum absolute atomic E-state index is 0.0497. The largest absolute Gasteiger partial charge is 0.462 e. The number of ether oxygens (including phenoxy) is 1. The normalized spacial score (nSPS) is 17.3. The molecule has 2 aliphatic rings. The Morgan fingerprint density at radius 3 is 2.60 bits per heavy atom. The van der Waals surface area contributed by atoms with Crippen LogP contribution in [0.4, 0.5) is 11.4 Å². The Morgan fingerprint density at radius 2 is 1.86 bits per heavy atom. The molecule has 2 heterocycles. The summed E-state index contributed by atoms with van der Waals surface area (Å²) < 4.78 is 5.28. The van der Waals surface area contributed by atoms with Crippen LogP contribution in [0.2, 0.25) is 0 Å². The van der Waals surface area contributed by atoms with Crippen LogP contribution in [0.3, 0.4) is 0 Å². The van der Waals surface area contributed by atoms with Gasteiger partial charge in [-0.05, 0) is 37.5 Å².